The van der Waals surface area contributed by atoms with Crippen LogP contribution in [0.3, 0.4) is 0 Å². The molecule has 0 unspecified atom stereocenters. The van der Waals surface area contributed by atoms with E-state index in [9.17, 15) is 9.18 Å². The summed E-state index contributed by atoms with van der Waals surface area (Å²) in [7, 11) is 0. The number of aliphatic carboxylic acids is 1. The lowest BCUT2D eigenvalue weighted by atomic mass is 9.93. The Kier molecular flexibility index (Phi) is 3.95. The van der Waals surface area contributed by atoms with Gasteiger partial charge in [-0.3, -0.25) is 4.79 Å². The highest BCUT2D eigenvalue weighted by molar-refractivity contribution is 6.33. The molecule has 20 heavy (non-hydrogen) atoms. The van der Waals surface area contributed by atoms with Gasteiger partial charge in [-0.25, -0.2) is 4.39 Å². The molecule has 0 aliphatic carbocycles. The molecule has 0 bridgehead atoms. The number of hydrogen-bond donors (Lipinski definition) is 2. The number of halogens is 2. The van der Waals surface area contributed by atoms with Crippen molar-refractivity contribution in [3.63, 3.8) is 0 Å². The molecule has 0 aliphatic heterocycles. The molecule has 2 aromatic rings. The molecule has 0 heterocycles. The topological polar surface area (TPSA) is 63.3 Å². The van der Waals surface area contributed by atoms with E-state index in [2.05, 4.69) is 0 Å². The van der Waals surface area contributed by atoms with Crippen LogP contribution in [0.4, 0.5) is 10.1 Å². The molecule has 0 aromatic heterocycles. The second-order valence-electron chi connectivity index (χ2n) is 4.56. The summed E-state index contributed by atoms with van der Waals surface area (Å²) >= 11 is 6.04. The number of carboxylic acids is 1. The average Bonchev–Trinajstić information content (AvgIpc) is 2.30. The highest BCUT2D eigenvalue weighted by Gasteiger charge is 2.18. The van der Waals surface area contributed by atoms with Crippen molar-refractivity contribution in [3.8, 4) is 11.1 Å². The summed E-state index contributed by atoms with van der Waals surface area (Å²) in [6.07, 6.45) is -0.244. The third kappa shape index (κ3) is 2.75. The van der Waals surface area contributed by atoms with Gasteiger partial charge in [0.25, 0.3) is 0 Å². The zero-order chi connectivity index (χ0) is 14.9. The highest BCUT2D eigenvalue weighted by Crippen LogP contribution is 2.37. The molecule has 5 heteroatoms. The number of carboxylic acid groups (broad SMARTS) is 1. The molecule has 0 amide bonds. The molecule has 2 aromatic carbocycles. The number of aryl methyl sites for hydroxylation is 1. The lowest BCUT2D eigenvalue weighted by Crippen LogP contribution is -2.05. The predicted octanol–water partition coefficient (Wildman–Crippen LogP) is 3.66. The fourth-order valence-corrected chi connectivity index (χ4v) is 2.49. The van der Waals surface area contributed by atoms with Crippen LogP contribution < -0.4 is 5.73 Å². The molecule has 0 saturated carbocycles. The maximum Gasteiger partial charge on any atom is 0.307 e. The molecular weight excluding hydrogens is 281 g/mol. The monoisotopic (exact) mass is 293 g/mol. The van der Waals surface area contributed by atoms with E-state index in [4.69, 9.17) is 22.4 Å². The zero-order valence-electron chi connectivity index (χ0n) is 10.8. The van der Waals surface area contributed by atoms with Crippen molar-refractivity contribution in [1.82, 2.24) is 0 Å². The van der Waals surface area contributed by atoms with Crippen molar-refractivity contribution in [2.45, 2.75) is 13.3 Å². The van der Waals surface area contributed by atoms with Crippen LogP contribution >= 0.6 is 11.6 Å². The third-order valence-corrected chi connectivity index (χ3v) is 3.26. The van der Waals surface area contributed by atoms with Gasteiger partial charge >= 0.3 is 5.97 Å². The molecule has 2 rings (SSSR count). The van der Waals surface area contributed by atoms with Gasteiger partial charge in [0.15, 0.2) is 0 Å². The van der Waals surface area contributed by atoms with E-state index in [1.54, 1.807) is 25.1 Å². The first-order chi connectivity index (χ1) is 9.40. The van der Waals surface area contributed by atoms with Crippen LogP contribution in [0.25, 0.3) is 11.1 Å². The van der Waals surface area contributed by atoms with Crippen molar-refractivity contribution < 1.29 is 14.3 Å². The van der Waals surface area contributed by atoms with Gasteiger partial charge in [-0.1, -0.05) is 23.7 Å². The van der Waals surface area contributed by atoms with Crippen LogP contribution in [-0.4, -0.2) is 11.1 Å². The van der Waals surface area contributed by atoms with Crippen molar-refractivity contribution in [2.75, 3.05) is 5.73 Å². The number of benzene rings is 2. The number of rotatable bonds is 3. The largest absolute Gasteiger partial charge is 0.481 e. The SMILES string of the molecule is Cc1cc(N)c(-c2c(F)cccc2Cl)c(CC(=O)O)c1. The van der Waals surface area contributed by atoms with Gasteiger partial charge in [0.2, 0.25) is 0 Å². The Morgan fingerprint density at radius 1 is 1.35 bits per heavy atom. The maximum atomic E-state index is 14.0. The number of carbonyl (C=O) groups is 1. The molecular formula is C15H13ClFNO2. The summed E-state index contributed by atoms with van der Waals surface area (Å²) in [5.74, 6) is -1.54. The van der Waals surface area contributed by atoms with E-state index in [-0.39, 0.29) is 17.0 Å². The van der Waals surface area contributed by atoms with E-state index < -0.39 is 11.8 Å². The quantitative estimate of drug-likeness (QED) is 0.849. The summed E-state index contributed by atoms with van der Waals surface area (Å²) in [6.45, 7) is 1.80. The first kappa shape index (κ1) is 14.3. The Morgan fingerprint density at radius 3 is 2.65 bits per heavy atom. The Morgan fingerprint density at radius 2 is 2.05 bits per heavy atom. The molecule has 104 valence electrons. The molecule has 0 spiro atoms. The van der Waals surface area contributed by atoms with Crippen LogP contribution in [0.2, 0.25) is 5.02 Å². The maximum absolute atomic E-state index is 14.0. The molecule has 3 N–H and O–H groups in total. The van der Waals surface area contributed by atoms with Crippen molar-refractivity contribution in [3.05, 3.63) is 52.3 Å². The Labute approximate surface area is 120 Å². The highest BCUT2D eigenvalue weighted by atomic mass is 35.5. The summed E-state index contributed by atoms with van der Waals surface area (Å²) in [5.41, 5.74) is 8.01. The molecule has 0 radical (unpaired) electrons. The predicted molar refractivity (Wildman–Crippen MR) is 77.3 cm³/mol. The van der Waals surface area contributed by atoms with Crippen molar-refractivity contribution in [2.24, 2.45) is 0 Å². The molecule has 0 aliphatic rings. The van der Waals surface area contributed by atoms with Gasteiger partial charge in [0.05, 0.1) is 11.4 Å². The minimum absolute atomic E-state index is 0.142. The van der Waals surface area contributed by atoms with Gasteiger partial charge in [-0.05, 0) is 36.2 Å². The van der Waals surface area contributed by atoms with Crippen molar-refractivity contribution >= 4 is 23.3 Å². The van der Waals surface area contributed by atoms with E-state index in [1.165, 1.54) is 12.1 Å². The van der Waals surface area contributed by atoms with Crippen LogP contribution in [0.1, 0.15) is 11.1 Å². The second kappa shape index (κ2) is 5.51. The second-order valence-corrected chi connectivity index (χ2v) is 4.96. The van der Waals surface area contributed by atoms with Gasteiger partial charge in [0, 0.05) is 16.8 Å². The Balaban J connectivity index is 2.75. The average molecular weight is 294 g/mol. The Hall–Kier alpha value is -2.07. The third-order valence-electron chi connectivity index (χ3n) is 2.95. The fraction of sp³-hybridized carbons (Fsp3) is 0.133. The van der Waals surface area contributed by atoms with Gasteiger partial charge in [-0.15, -0.1) is 0 Å². The molecule has 3 nitrogen and oxygen atoms in total. The normalized spacial score (nSPS) is 10.6. The summed E-state index contributed by atoms with van der Waals surface area (Å²) in [6, 6.07) is 7.66. The first-order valence-corrected chi connectivity index (χ1v) is 6.33. The van der Waals surface area contributed by atoms with Crippen LogP contribution in [0, 0.1) is 12.7 Å². The molecule has 0 fully saturated rings. The lowest BCUT2D eigenvalue weighted by molar-refractivity contribution is -0.136. The van der Waals surface area contributed by atoms with Gasteiger partial charge in [0.1, 0.15) is 5.82 Å². The summed E-state index contributed by atoms with van der Waals surface area (Å²) in [4.78, 5) is 11.0. The first-order valence-electron chi connectivity index (χ1n) is 5.95. The lowest BCUT2D eigenvalue weighted by Gasteiger charge is -2.15. The van der Waals surface area contributed by atoms with Crippen LogP contribution in [-0.2, 0) is 11.2 Å². The van der Waals surface area contributed by atoms with E-state index >= 15 is 0 Å². The minimum Gasteiger partial charge on any atom is -0.481 e. The smallest absolute Gasteiger partial charge is 0.307 e. The van der Waals surface area contributed by atoms with Crippen molar-refractivity contribution in [1.29, 1.82) is 0 Å². The number of anilines is 1. The number of nitrogen functional groups attached to an aromatic ring is 1. The van der Waals surface area contributed by atoms with E-state index in [1.807, 2.05) is 0 Å². The number of hydrogen-bond acceptors (Lipinski definition) is 2. The summed E-state index contributed by atoms with van der Waals surface area (Å²) in [5, 5.41) is 9.19. The molecule has 0 atom stereocenters. The van der Waals surface area contributed by atoms with E-state index in [0.717, 1.165) is 5.56 Å². The molecule has 0 saturated heterocycles. The zero-order valence-corrected chi connectivity index (χ0v) is 11.5. The van der Waals surface area contributed by atoms with Gasteiger partial charge in [-0.2, -0.15) is 0 Å². The minimum atomic E-state index is -1.01. The van der Waals surface area contributed by atoms with Gasteiger partial charge < -0.3 is 10.8 Å². The number of nitrogens with two attached hydrogens (primary N) is 1. The van der Waals surface area contributed by atoms with Crippen LogP contribution in [0.15, 0.2) is 30.3 Å². The standard InChI is InChI=1S/C15H13ClFNO2/c1-8-5-9(7-13(19)20)14(12(18)6-8)15-10(16)3-2-4-11(15)17/h2-6H,7,18H2,1H3,(H,19,20). The summed E-state index contributed by atoms with van der Waals surface area (Å²) < 4.78 is 14.0. The Bertz CT molecular complexity index is 666. The van der Waals surface area contributed by atoms with Crippen LogP contribution in [0.5, 0.6) is 0 Å². The fourth-order valence-electron chi connectivity index (χ4n) is 2.24. The van der Waals surface area contributed by atoms with E-state index in [0.29, 0.717) is 16.8 Å².